The van der Waals surface area contributed by atoms with E-state index in [2.05, 4.69) is 32.9 Å². The Morgan fingerprint density at radius 3 is 1.17 bits per heavy atom. The lowest BCUT2D eigenvalue weighted by molar-refractivity contribution is 0.378. The summed E-state index contributed by atoms with van der Waals surface area (Å²) in [4.78, 5) is 0. The minimum atomic E-state index is 1.03. The molecule has 0 heterocycles. The first-order valence-electron chi connectivity index (χ1n) is 14.5. The third kappa shape index (κ3) is 24.0. The lowest BCUT2D eigenvalue weighted by atomic mass is 9.91. The van der Waals surface area contributed by atoms with Gasteiger partial charge in [-0.2, -0.15) is 0 Å². The number of rotatable bonds is 25. The summed E-state index contributed by atoms with van der Waals surface area (Å²) in [5.74, 6) is 1.03. The molecule has 30 heavy (non-hydrogen) atoms. The van der Waals surface area contributed by atoms with Gasteiger partial charge in [-0.15, -0.1) is 0 Å². The van der Waals surface area contributed by atoms with Crippen molar-refractivity contribution in [3.05, 3.63) is 12.2 Å². The van der Waals surface area contributed by atoms with Gasteiger partial charge in [-0.1, -0.05) is 161 Å². The summed E-state index contributed by atoms with van der Waals surface area (Å²) in [6, 6.07) is 0. The predicted octanol–water partition coefficient (Wildman–Crippen LogP) is 11.6. The largest absolute Gasteiger partial charge is 0.0885 e. The van der Waals surface area contributed by atoms with Crippen LogP contribution in [0.5, 0.6) is 0 Å². The van der Waals surface area contributed by atoms with Crippen molar-refractivity contribution in [1.82, 2.24) is 0 Å². The van der Waals surface area contributed by atoms with Crippen LogP contribution in [0, 0.1) is 5.92 Å². The monoisotopic (exact) mass is 420 g/mol. The average Bonchev–Trinajstić information content (AvgIpc) is 2.75. The fraction of sp³-hybridized carbons (Fsp3) is 0.933. The van der Waals surface area contributed by atoms with Gasteiger partial charge >= 0.3 is 0 Å². The Hall–Kier alpha value is -0.260. The van der Waals surface area contributed by atoms with Crippen LogP contribution in [-0.2, 0) is 0 Å². The van der Waals surface area contributed by atoms with Gasteiger partial charge in [-0.25, -0.2) is 0 Å². The molecule has 0 saturated heterocycles. The molecule has 180 valence electrons. The molecule has 0 fully saturated rings. The third-order valence-corrected chi connectivity index (χ3v) is 6.79. The van der Waals surface area contributed by atoms with Crippen LogP contribution in [0.3, 0.4) is 0 Å². The van der Waals surface area contributed by atoms with Crippen molar-refractivity contribution in [3.63, 3.8) is 0 Å². The normalized spacial score (nSPS) is 12.8. The van der Waals surface area contributed by atoms with E-state index in [0.717, 1.165) is 5.92 Å². The molecule has 1 unspecified atom stereocenters. The van der Waals surface area contributed by atoms with Gasteiger partial charge in [0.2, 0.25) is 0 Å². The van der Waals surface area contributed by atoms with E-state index in [1.54, 1.807) is 0 Å². The van der Waals surface area contributed by atoms with Crippen LogP contribution in [0.1, 0.15) is 175 Å². The third-order valence-electron chi connectivity index (χ3n) is 6.79. The maximum Gasteiger partial charge on any atom is -0.0351 e. The van der Waals surface area contributed by atoms with Crippen molar-refractivity contribution < 1.29 is 0 Å². The highest BCUT2D eigenvalue weighted by molar-refractivity contribution is 4.81. The molecule has 1 atom stereocenters. The van der Waals surface area contributed by atoms with Gasteiger partial charge in [0.25, 0.3) is 0 Å². The highest BCUT2D eigenvalue weighted by Crippen LogP contribution is 2.23. The number of hydrogen-bond donors (Lipinski definition) is 0. The van der Waals surface area contributed by atoms with Crippen molar-refractivity contribution in [2.45, 2.75) is 175 Å². The first-order valence-corrected chi connectivity index (χ1v) is 14.5. The Morgan fingerprint density at radius 1 is 0.367 bits per heavy atom. The summed E-state index contributed by atoms with van der Waals surface area (Å²) in [5, 5.41) is 0. The molecule has 0 aromatic carbocycles. The second kappa shape index (κ2) is 26.8. The lowest BCUT2D eigenvalue weighted by Crippen LogP contribution is -2.00. The van der Waals surface area contributed by atoms with Crippen molar-refractivity contribution >= 4 is 0 Å². The molecule has 0 radical (unpaired) electrons. The van der Waals surface area contributed by atoms with Crippen LogP contribution in [0.4, 0.5) is 0 Å². The van der Waals surface area contributed by atoms with Gasteiger partial charge in [-0.05, 0) is 31.6 Å². The molecule has 0 aromatic heterocycles. The van der Waals surface area contributed by atoms with Crippen LogP contribution in [-0.4, -0.2) is 0 Å². The maximum absolute atomic E-state index is 2.45. The molecule has 0 rings (SSSR count). The number of hydrogen-bond acceptors (Lipinski definition) is 0. The quantitative estimate of drug-likeness (QED) is 0.102. The molecule has 0 amide bonds. The molecule has 0 bridgehead atoms. The van der Waals surface area contributed by atoms with Crippen LogP contribution in [0.2, 0.25) is 0 Å². The first kappa shape index (κ1) is 29.7. The fourth-order valence-electron chi connectivity index (χ4n) is 4.74. The number of unbranched alkanes of at least 4 members (excludes halogenated alkanes) is 17. The Kier molecular flexibility index (Phi) is 26.5. The van der Waals surface area contributed by atoms with Crippen molar-refractivity contribution in [1.29, 1.82) is 0 Å². The molecule has 0 saturated carbocycles. The summed E-state index contributed by atoms with van der Waals surface area (Å²) >= 11 is 0. The summed E-state index contributed by atoms with van der Waals surface area (Å²) in [6.45, 7) is 6.98. The Bertz CT molecular complexity index is 316. The SMILES string of the molecule is CCCCCCCCC=CCCCCCCCCCCC(CCC)CCCCCC. The molecule has 0 aliphatic carbocycles. The average molecular weight is 421 g/mol. The van der Waals surface area contributed by atoms with E-state index in [4.69, 9.17) is 0 Å². The summed E-state index contributed by atoms with van der Waals surface area (Å²) in [5.41, 5.74) is 0. The second-order valence-electron chi connectivity index (χ2n) is 9.94. The van der Waals surface area contributed by atoms with E-state index >= 15 is 0 Å². The van der Waals surface area contributed by atoms with E-state index in [0.29, 0.717) is 0 Å². The zero-order valence-electron chi connectivity index (χ0n) is 21.7. The smallest absolute Gasteiger partial charge is 0.0351 e. The van der Waals surface area contributed by atoms with E-state index in [1.807, 2.05) is 0 Å². The van der Waals surface area contributed by atoms with Gasteiger partial charge in [0, 0.05) is 0 Å². The van der Waals surface area contributed by atoms with Gasteiger partial charge in [0.05, 0.1) is 0 Å². The van der Waals surface area contributed by atoms with Crippen molar-refractivity contribution in [2.75, 3.05) is 0 Å². The van der Waals surface area contributed by atoms with Crippen LogP contribution < -0.4 is 0 Å². The van der Waals surface area contributed by atoms with E-state index in [-0.39, 0.29) is 0 Å². The van der Waals surface area contributed by atoms with Crippen LogP contribution in [0.25, 0.3) is 0 Å². The van der Waals surface area contributed by atoms with Crippen LogP contribution >= 0.6 is 0 Å². The predicted molar refractivity (Wildman–Crippen MR) is 140 cm³/mol. The summed E-state index contributed by atoms with van der Waals surface area (Å²) in [6.07, 6.45) is 39.3. The van der Waals surface area contributed by atoms with Gasteiger partial charge in [0.15, 0.2) is 0 Å². The zero-order valence-corrected chi connectivity index (χ0v) is 21.7. The first-order chi connectivity index (χ1) is 14.8. The van der Waals surface area contributed by atoms with Crippen molar-refractivity contribution in [3.8, 4) is 0 Å². The van der Waals surface area contributed by atoms with Gasteiger partial charge in [0.1, 0.15) is 0 Å². The Morgan fingerprint density at radius 2 is 0.733 bits per heavy atom. The van der Waals surface area contributed by atoms with E-state index in [1.165, 1.54) is 154 Å². The maximum atomic E-state index is 2.45. The minimum absolute atomic E-state index is 1.03. The molecule has 0 N–H and O–H groups in total. The minimum Gasteiger partial charge on any atom is -0.0885 e. The van der Waals surface area contributed by atoms with Crippen LogP contribution in [0.15, 0.2) is 12.2 Å². The Balaban J connectivity index is 3.31. The lowest BCUT2D eigenvalue weighted by Gasteiger charge is -2.15. The second-order valence-corrected chi connectivity index (χ2v) is 9.94. The molecule has 0 aliphatic heterocycles. The molecule has 0 aliphatic rings. The Labute approximate surface area is 193 Å². The zero-order chi connectivity index (χ0) is 22.0. The van der Waals surface area contributed by atoms with Gasteiger partial charge in [-0.3, -0.25) is 0 Å². The van der Waals surface area contributed by atoms with E-state index < -0.39 is 0 Å². The van der Waals surface area contributed by atoms with E-state index in [9.17, 15) is 0 Å². The number of allylic oxidation sites excluding steroid dienone is 2. The molecule has 0 nitrogen and oxygen atoms in total. The summed E-state index contributed by atoms with van der Waals surface area (Å²) in [7, 11) is 0. The molecular weight excluding hydrogens is 360 g/mol. The molecule has 0 spiro atoms. The highest BCUT2D eigenvalue weighted by Gasteiger charge is 2.07. The van der Waals surface area contributed by atoms with Crippen molar-refractivity contribution in [2.24, 2.45) is 5.92 Å². The molecule has 0 aromatic rings. The standard InChI is InChI=1S/C30H60/c1-4-7-9-11-12-13-14-15-16-17-18-19-20-21-22-23-24-26-29-30(27-6-3)28-25-10-8-5-2/h15-16,30H,4-14,17-29H2,1-3H3. The molecular formula is C30H60. The highest BCUT2D eigenvalue weighted by atomic mass is 14.1. The topological polar surface area (TPSA) is 0 Å². The molecule has 0 heteroatoms. The summed E-state index contributed by atoms with van der Waals surface area (Å²) < 4.78 is 0. The van der Waals surface area contributed by atoms with Gasteiger partial charge < -0.3 is 0 Å². The fourth-order valence-corrected chi connectivity index (χ4v) is 4.74.